The highest BCUT2D eigenvalue weighted by atomic mass is 32.2. The SMILES string of the molecule is Cc1ccccc1-c1cc(-c2ccccc2C)c(-c2ccccc2C(=O)S(C)(=O)=O)c(-c2ccccc2C)c1. The molecule has 0 radical (unpaired) electrons. The number of hydrogen-bond acceptors (Lipinski definition) is 3. The van der Waals surface area contributed by atoms with Gasteiger partial charge in [-0.1, -0.05) is 91.0 Å². The van der Waals surface area contributed by atoms with Crippen molar-refractivity contribution in [2.45, 2.75) is 20.8 Å². The molecule has 194 valence electrons. The van der Waals surface area contributed by atoms with E-state index < -0.39 is 15.0 Å². The Labute approximate surface area is 230 Å². The average Bonchev–Trinajstić information content (AvgIpc) is 2.92. The third-order valence-electron chi connectivity index (χ3n) is 7.22. The molecule has 39 heavy (non-hydrogen) atoms. The van der Waals surface area contributed by atoms with Crippen LogP contribution >= 0.6 is 0 Å². The molecule has 5 rings (SSSR count). The summed E-state index contributed by atoms with van der Waals surface area (Å²) in [6, 6.07) is 36.0. The van der Waals surface area contributed by atoms with Crippen molar-refractivity contribution in [3.05, 3.63) is 131 Å². The Morgan fingerprint density at radius 2 is 0.897 bits per heavy atom. The second-order valence-corrected chi connectivity index (χ2v) is 11.9. The first-order valence-corrected chi connectivity index (χ1v) is 14.8. The van der Waals surface area contributed by atoms with Crippen LogP contribution in [0.3, 0.4) is 0 Å². The Morgan fingerprint density at radius 1 is 0.513 bits per heavy atom. The van der Waals surface area contributed by atoms with E-state index in [1.165, 1.54) is 0 Å². The molecule has 4 heteroatoms. The van der Waals surface area contributed by atoms with Crippen molar-refractivity contribution in [2.75, 3.05) is 6.26 Å². The molecule has 0 fully saturated rings. The first kappa shape index (κ1) is 26.3. The lowest BCUT2D eigenvalue weighted by Crippen LogP contribution is -2.14. The maximum absolute atomic E-state index is 13.2. The zero-order valence-corrected chi connectivity index (χ0v) is 23.3. The van der Waals surface area contributed by atoms with Crippen LogP contribution in [0.1, 0.15) is 27.0 Å². The molecule has 5 aromatic carbocycles. The molecule has 0 N–H and O–H groups in total. The van der Waals surface area contributed by atoms with E-state index in [9.17, 15) is 13.2 Å². The fourth-order valence-corrected chi connectivity index (χ4v) is 5.82. The van der Waals surface area contributed by atoms with Crippen LogP contribution in [0, 0.1) is 20.8 Å². The molecule has 0 aliphatic rings. The molecule has 0 saturated heterocycles. The second kappa shape index (κ2) is 10.5. The van der Waals surface area contributed by atoms with Crippen LogP contribution in [0.5, 0.6) is 0 Å². The molecule has 0 heterocycles. The van der Waals surface area contributed by atoms with E-state index in [-0.39, 0.29) is 5.56 Å². The highest BCUT2D eigenvalue weighted by molar-refractivity contribution is 8.06. The van der Waals surface area contributed by atoms with Crippen LogP contribution in [0.25, 0.3) is 44.5 Å². The van der Waals surface area contributed by atoms with Crippen LogP contribution in [-0.2, 0) is 9.84 Å². The van der Waals surface area contributed by atoms with Gasteiger partial charge in [-0.25, -0.2) is 8.42 Å². The van der Waals surface area contributed by atoms with Crippen molar-refractivity contribution in [3.63, 3.8) is 0 Å². The van der Waals surface area contributed by atoms with Gasteiger partial charge in [0.05, 0.1) is 0 Å². The number of sulfone groups is 1. The lowest BCUT2D eigenvalue weighted by Gasteiger charge is -2.22. The molecular formula is C35H30O3S. The first-order chi connectivity index (χ1) is 18.7. The van der Waals surface area contributed by atoms with Crippen molar-refractivity contribution >= 4 is 15.0 Å². The van der Waals surface area contributed by atoms with Gasteiger partial charge in [0.1, 0.15) is 0 Å². The van der Waals surface area contributed by atoms with Gasteiger partial charge in [-0.05, 0) is 100 Å². The van der Waals surface area contributed by atoms with Gasteiger partial charge in [-0.2, -0.15) is 0 Å². The zero-order valence-electron chi connectivity index (χ0n) is 22.5. The fraction of sp³-hybridized carbons (Fsp3) is 0.114. The molecule has 5 aromatic rings. The van der Waals surface area contributed by atoms with Gasteiger partial charge in [-0.3, -0.25) is 4.79 Å². The summed E-state index contributed by atoms with van der Waals surface area (Å²) in [5.74, 6) is 0. The molecule has 0 atom stereocenters. The van der Waals surface area contributed by atoms with Gasteiger partial charge in [-0.15, -0.1) is 0 Å². The summed E-state index contributed by atoms with van der Waals surface area (Å²) in [6.07, 6.45) is 0.970. The molecule has 0 bridgehead atoms. The Kier molecular flexibility index (Phi) is 7.07. The lowest BCUT2D eigenvalue weighted by atomic mass is 9.81. The van der Waals surface area contributed by atoms with E-state index in [1.807, 2.05) is 48.5 Å². The Bertz CT molecular complexity index is 1760. The third kappa shape index (κ3) is 5.08. The van der Waals surface area contributed by atoms with E-state index in [4.69, 9.17) is 0 Å². The van der Waals surface area contributed by atoms with Crippen molar-refractivity contribution in [1.29, 1.82) is 0 Å². The van der Waals surface area contributed by atoms with Gasteiger partial charge < -0.3 is 0 Å². The number of carbonyl (C=O) groups is 1. The average molecular weight is 531 g/mol. The molecule has 0 aliphatic heterocycles. The van der Waals surface area contributed by atoms with Crippen LogP contribution < -0.4 is 0 Å². The highest BCUT2D eigenvalue weighted by Crippen LogP contribution is 2.46. The standard InChI is InChI=1S/C35H30O3S/c1-23-13-5-8-16-27(23)26-21-32(28-17-9-6-14-24(28)2)34(33(22-26)29-18-10-7-15-25(29)3)30-19-11-12-20-31(30)35(36)39(4,37)38/h5-22H,1-4H3. The molecular weight excluding hydrogens is 500 g/mol. The summed E-state index contributed by atoms with van der Waals surface area (Å²) in [5, 5.41) is -0.882. The Balaban J connectivity index is 1.99. The number of hydrogen-bond donors (Lipinski definition) is 0. The van der Waals surface area contributed by atoms with Crippen LogP contribution in [-0.4, -0.2) is 19.8 Å². The third-order valence-corrected chi connectivity index (χ3v) is 8.11. The summed E-state index contributed by atoms with van der Waals surface area (Å²) in [5.41, 5.74) is 11.1. The smallest absolute Gasteiger partial charge is 0.276 e. The predicted octanol–water partition coefficient (Wildman–Crippen LogP) is 8.46. The van der Waals surface area contributed by atoms with Crippen molar-refractivity contribution < 1.29 is 13.2 Å². The van der Waals surface area contributed by atoms with Gasteiger partial charge >= 0.3 is 0 Å². The van der Waals surface area contributed by atoms with Gasteiger partial charge in [0.25, 0.3) is 5.12 Å². The number of rotatable bonds is 5. The number of carbonyl (C=O) groups excluding carboxylic acids is 1. The topological polar surface area (TPSA) is 51.2 Å². The van der Waals surface area contributed by atoms with Crippen LogP contribution in [0.4, 0.5) is 0 Å². The molecule has 0 amide bonds. The van der Waals surface area contributed by atoms with Crippen LogP contribution in [0.15, 0.2) is 109 Å². The summed E-state index contributed by atoms with van der Waals surface area (Å²) < 4.78 is 24.9. The van der Waals surface area contributed by atoms with E-state index in [1.54, 1.807) is 12.1 Å². The van der Waals surface area contributed by atoms with Crippen molar-refractivity contribution in [3.8, 4) is 44.5 Å². The Morgan fingerprint density at radius 3 is 1.33 bits per heavy atom. The molecule has 3 nitrogen and oxygen atoms in total. The molecule has 0 aromatic heterocycles. The Hall–Kier alpha value is -4.28. The fourth-order valence-electron chi connectivity index (χ4n) is 5.24. The predicted molar refractivity (Wildman–Crippen MR) is 162 cm³/mol. The minimum atomic E-state index is -3.95. The number of aryl methyl sites for hydroxylation is 3. The minimum Gasteiger partial charge on any atom is -0.276 e. The van der Waals surface area contributed by atoms with Gasteiger partial charge in [0.15, 0.2) is 0 Å². The number of benzene rings is 5. The first-order valence-electron chi connectivity index (χ1n) is 12.9. The van der Waals surface area contributed by atoms with Gasteiger partial charge in [0, 0.05) is 11.8 Å². The van der Waals surface area contributed by atoms with Crippen molar-refractivity contribution in [2.24, 2.45) is 0 Å². The largest absolute Gasteiger partial charge is 0.276 e. The lowest BCUT2D eigenvalue weighted by molar-refractivity contribution is 0.107. The summed E-state index contributed by atoms with van der Waals surface area (Å²) in [4.78, 5) is 13.2. The summed E-state index contributed by atoms with van der Waals surface area (Å²) in [7, 11) is -3.95. The quantitative estimate of drug-likeness (QED) is 0.229. The van der Waals surface area contributed by atoms with E-state index in [0.29, 0.717) is 5.56 Å². The zero-order chi connectivity index (χ0) is 27.7. The van der Waals surface area contributed by atoms with Gasteiger partial charge in [0.2, 0.25) is 9.84 Å². The minimum absolute atomic E-state index is 0.174. The second-order valence-electron chi connectivity index (χ2n) is 10.00. The van der Waals surface area contributed by atoms with E-state index in [0.717, 1.165) is 61.9 Å². The van der Waals surface area contributed by atoms with Crippen LogP contribution in [0.2, 0.25) is 0 Å². The highest BCUT2D eigenvalue weighted by Gasteiger charge is 2.26. The van der Waals surface area contributed by atoms with E-state index >= 15 is 0 Å². The summed E-state index contributed by atoms with van der Waals surface area (Å²) in [6.45, 7) is 6.24. The molecule has 0 unspecified atom stereocenters. The molecule has 0 saturated carbocycles. The maximum atomic E-state index is 13.2. The molecule has 0 spiro atoms. The normalized spacial score (nSPS) is 11.4. The summed E-state index contributed by atoms with van der Waals surface area (Å²) >= 11 is 0. The van der Waals surface area contributed by atoms with Crippen molar-refractivity contribution in [1.82, 2.24) is 0 Å². The molecule has 0 aliphatic carbocycles. The van der Waals surface area contributed by atoms with E-state index in [2.05, 4.69) is 69.3 Å². The maximum Gasteiger partial charge on any atom is 0.276 e. The monoisotopic (exact) mass is 530 g/mol.